The highest BCUT2D eigenvalue weighted by Crippen LogP contribution is 2.34. The van der Waals surface area contributed by atoms with Crippen molar-refractivity contribution in [2.24, 2.45) is 0 Å². The van der Waals surface area contributed by atoms with Crippen LogP contribution in [0.5, 0.6) is 5.75 Å². The quantitative estimate of drug-likeness (QED) is 0.585. The lowest BCUT2D eigenvalue weighted by atomic mass is 10.1. The van der Waals surface area contributed by atoms with E-state index >= 15 is 0 Å². The zero-order valence-corrected chi connectivity index (χ0v) is 14.6. The Morgan fingerprint density at radius 3 is 2.69 bits per heavy atom. The van der Waals surface area contributed by atoms with Crippen molar-refractivity contribution in [3.63, 3.8) is 0 Å². The van der Waals surface area contributed by atoms with Gasteiger partial charge in [-0.2, -0.15) is 10.2 Å². The number of H-pyrrole nitrogens is 2. The molecule has 1 aliphatic carbocycles. The third-order valence-electron chi connectivity index (χ3n) is 5.18. The fourth-order valence-corrected chi connectivity index (χ4v) is 3.80. The lowest BCUT2D eigenvalue weighted by molar-refractivity contribution is 0.415. The van der Waals surface area contributed by atoms with Crippen molar-refractivity contribution in [1.82, 2.24) is 29.9 Å². The van der Waals surface area contributed by atoms with Crippen LogP contribution in [-0.2, 0) is 0 Å². The summed E-state index contributed by atoms with van der Waals surface area (Å²) in [6.45, 7) is 0. The minimum absolute atomic E-state index is 0.467. The van der Waals surface area contributed by atoms with Crippen LogP contribution < -0.4 is 4.74 Å². The zero-order valence-electron chi connectivity index (χ0n) is 14.6. The van der Waals surface area contributed by atoms with E-state index in [1.807, 2.05) is 36.7 Å². The molecular formula is C19H20N6O. The molecule has 3 heterocycles. The van der Waals surface area contributed by atoms with Gasteiger partial charge >= 0.3 is 0 Å². The molecule has 3 aromatic heterocycles. The van der Waals surface area contributed by atoms with Gasteiger partial charge < -0.3 is 9.72 Å². The summed E-state index contributed by atoms with van der Waals surface area (Å²) in [4.78, 5) is 8.24. The van der Waals surface area contributed by atoms with Crippen LogP contribution in [0.25, 0.3) is 33.8 Å². The summed E-state index contributed by atoms with van der Waals surface area (Å²) >= 11 is 0. The van der Waals surface area contributed by atoms with Crippen molar-refractivity contribution in [3.05, 3.63) is 36.7 Å². The van der Waals surface area contributed by atoms with E-state index in [1.54, 1.807) is 7.11 Å². The molecule has 0 aliphatic heterocycles. The molecule has 0 amide bonds. The smallest absolute Gasteiger partial charge is 0.177 e. The van der Waals surface area contributed by atoms with E-state index in [4.69, 9.17) is 9.72 Å². The van der Waals surface area contributed by atoms with Crippen LogP contribution in [0, 0.1) is 0 Å². The predicted molar refractivity (Wildman–Crippen MR) is 99.0 cm³/mol. The van der Waals surface area contributed by atoms with E-state index in [2.05, 4.69) is 25.0 Å². The first-order chi connectivity index (χ1) is 12.8. The number of nitrogens with one attached hydrogen (secondary N) is 2. The van der Waals surface area contributed by atoms with E-state index < -0.39 is 0 Å². The number of hydrogen-bond acceptors (Lipinski definition) is 4. The Hall–Kier alpha value is -3.09. The summed E-state index contributed by atoms with van der Waals surface area (Å²) in [5.74, 6) is 1.64. The topological polar surface area (TPSA) is 84.4 Å². The second-order valence-corrected chi connectivity index (χ2v) is 6.74. The van der Waals surface area contributed by atoms with Crippen molar-refractivity contribution in [2.75, 3.05) is 7.11 Å². The Kier molecular flexibility index (Phi) is 3.51. The number of aromatic amines is 2. The van der Waals surface area contributed by atoms with E-state index in [0.717, 1.165) is 39.6 Å². The highest BCUT2D eigenvalue weighted by Gasteiger charge is 2.22. The number of ether oxygens (including phenoxy) is 1. The summed E-state index contributed by atoms with van der Waals surface area (Å²) in [5.41, 5.74) is 4.81. The summed E-state index contributed by atoms with van der Waals surface area (Å²) in [7, 11) is 1.67. The average molecular weight is 348 g/mol. The third-order valence-corrected chi connectivity index (χ3v) is 5.18. The first-order valence-electron chi connectivity index (χ1n) is 8.95. The highest BCUT2D eigenvalue weighted by molar-refractivity contribution is 5.82. The molecule has 1 saturated carbocycles. The number of rotatable bonds is 4. The molecule has 0 spiro atoms. The van der Waals surface area contributed by atoms with E-state index in [-0.39, 0.29) is 0 Å². The van der Waals surface area contributed by atoms with Crippen LogP contribution in [0.3, 0.4) is 0 Å². The fraction of sp³-hybridized carbons (Fsp3) is 0.316. The van der Waals surface area contributed by atoms with Gasteiger partial charge in [-0.05, 0) is 37.1 Å². The van der Waals surface area contributed by atoms with Crippen LogP contribution in [0.15, 0.2) is 36.7 Å². The van der Waals surface area contributed by atoms with Crippen LogP contribution in [0.1, 0.15) is 31.7 Å². The van der Waals surface area contributed by atoms with Gasteiger partial charge in [0, 0.05) is 5.56 Å². The van der Waals surface area contributed by atoms with Gasteiger partial charge in [0.25, 0.3) is 0 Å². The van der Waals surface area contributed by atoms with Crippen molar-refractivity contribution in [1.29, 1.82) is 0 Å². The van der Waals surface area contributed by atoms with Crippen LogP contribution in [-0.4, -0.2) is 37.1 Å². The van der Waals surface area contributed by atoms with Crippen molar-refractivity contribution < 1.29 is 4.74 Å². The first-order valence-corrected chi connectivity index (χ1v) is 8.95. The number of imidazole rings is 1. The molecule has 0 radical (unpaired) electrons. The molecule has 0 unspecified atom stereocenters. The van der Waals surface area contributed by atoms with Crippen LogP contribution in [0.2, 0.25) is 0 Å². The van der Waals surface area contributed by atoms with Gasteiger partial charge in [0.2, 0.25) is 0 Å². The second-order valence-electron chi connectivity index (χ2n) is 6.74. The lowest BCUT2D eigenvalue weighted by Gasteiger charge is -2.09. The van der Waals surface area contributed by atoms with E-state index in [9.17, 15) is 0 Å². The molecule has 26 heavy (non-hydrogen) atoms. The Morgan fingerprint density at radius 1 is 1.12 bits per heavy atom. The lowest BCUT2D eigenvalue weighted by Crippen LogP contribution is -2.06. The summed E-state index contributed by atoms with van der Waals surface area (Å²) < 4.78 is 7.32. The Morgan fingerprint density at radius 2 is 1.92 bits per heavy atom. The SMILES string of the molecule is COc1ccc(-c2[nH]ncc2-c2nc3c(cnn3C3CCCC3)[nH]2)cc1. The van der Waals surface area contributed by atoms with Gasteiger partial charge in [0.05, 0.1) is 36.8 Å². The number of nitrogens with zero attached hydrogens (tertiary/aromatic N) is 4. The largest absolute Gasteiger partial charge is 0.497 e. The van der Waals surface area contributed by atoms with Crippen LogP contribution >= 0.6 is 0 Å². The molecule has 1 aliphatic rings. The van der Waals surface area contributed by atoms with Gasteiger partial charge in [-0.1, -0.05) is 12.8 Å². The molecule has 1 fully saturated rings. The normalized spacial score (nSPS) is 15.1. The molecule has 0 bridgehead atoms. The number of methoxy groups -OCH3 is 1. The standard InChI is InChI=1S/C19H20N6O/c1-26-14-8-6-12(7-9-14)17-15(10-20-24-17)18-22-16-11-21-25(19(16)23-18)13-4-2-3-5-13/h6-11,13H,2-5H2,1H3,(H,20,24)(H,22,23). The molecule has 2 N–H and O–H groups in total. The molecular weight excluding hydrogens is 328 g/mol. The number of hydrogen-bond donors (Lipinski definition) is 2. The minimum atomic E-state index is 0.467. The van der Waals surface area contributed by atoms with Crippen LogP contribution in [0.4, 0.5) is 0 Å². The number of fused-ring (bicyclic) bond motifs is 1. The van der Waals surface area contributed by atoms with Crippen molar-refractivity contribution in [3.8, 4) is 28.4 Å². The Labute approximate surface area is 150 Å². The van der Waals surface area contributed by atoms with E-state index in [0.29, 0.717) is 6.04 Å². The number of aromatic nitrogens is 6. The van der Waals surface area contributed by atoms with Gasteiger partial charge in [0.1, 0.15) is 17.1 Å². The van der Waals surface area contributed by atoms with E-state index in [1.165, 1.54) is 25.7 Å². The van der Waals surface area contributed by atoms with Gasteiger partial charge in [-0.3, -0.25) is 5.10 Å². The molecule has 0 saturated heterocycles. The first kappa shape index (κ1) is 15.2. The predicted octanol–water partition coefficient (Wildman–Crippen LogP) is 3.94. The summed E-state index contributed by atoms with van der Waals surface area (Å²) in [5, 5.41) is 11.9. The molecule has 7 heteroatoms. The highest BCUT2D eigenvalue weighted by atomic mass is 16.5. The monoisotopic (exact) mass is 348 g/mol. The maximum atomic E-state index is 5.24. The molecule has 5 rings (SSSR count). The molecule has 0 atom stereocenters. The van der Waals surface area contributed by atoms with Crippen molar-refractivity contribution >= 4 is 11.2 Å². The number of benzene rings is 1. The van der Waals surface area contributed by atoms with Gasteiger partial charge in [0.15, 0.2) is 5.65 Å². The Balaban J connectivity index is 1.55. The minimum Gasteiger partial charge on any atom is -0.497 e. The summed E-state index contributed by atoms with van der Waals surface area (Å²) in [6, 6.07) is 8.37. The van der Waals surface area contributed by atoms with Gasteiger partial charge in [-0.15, -0.1) is 0 Å². The molecule has 7 nitrogen and oxygen atoms in total. The molecule has 132 valence electrons. The maximum absolute atomic E-state index is 5.24. The second kappa shape index (κ2) is 6.01. The average Bonchev–Trinajstić information content (AvgIpc) is 3.44. The maximum Gasteiger partial charge on any atom is 0.177 e. The fourth-order valence-electron chi connectivity index (χ4n) is 3.80. The summed E-state index contributed by atoms with van der Waals surface area (Å²) in [6.07, 6.45) is 8.59. The van der Waals surface area contributed by atoms with Gasteiger partial charge in [-0.25, -0.2) is 9.67 Å². The van der Waals surface area contributed by atoms with Crippen molar-refractivity contribution in [2.45, 2.75) is 31.7 Å². The Bertz CT molecular complexity index is 1040. The zero-order chi connectivity index (χ0) is 17.5. The molecule has 4 aromatic rings. The molecule has 1 aromatic carbocycles. The third kappa shape index (κ3) is 2.39.